The van der Waals surface area contributed by atoms with Crippen molar-refractivity contribution in [2.75, 3.05) is 0 Å². The van der Waals surface area contributed by atoms with Crippen molar-refractivity contribution in [3.63, 3.8) is 0 Å². The topological polar surface area (TPSA) is 44.9 Å². The van der Waals surface area contributed by atoms with Gasteiger partial charge in [-0.1, -0.05) is 32.8 Å². The number of aromatic amines is 1. The van der Waals surface area contributed by atoms with Crippen LogP contribution in [-0.4, -0.2) is 16.9 Å². The maximum Gasteiger partial charge on any atom is 0.267 e. The van der Waals surface area contributed by atoms with Crippen LogP contribution in [-0.2, 0) is 0 Å². The van der Waals surface area contributed by atoms with E-state index in [0.29, 0.717) is 23.6 Å². The van der Waals surface area contributed by atoms with Crippen molar-refractivity contribution in [2.24, 2.45) is 11.8 Å². The summed E-state index contributed by atoms with van der Waals surface area (Å²) in [7, 11) is 0. The first-order chi connectivity index (χ1) is 10.5. The standard InChI is InChI=1S/C19H26N2O/c1-11-8-13(3)15-10-18(20-17(15)9-11)19(22)21-16-7-5-6-12(2)14(16)4/h8-10,12,14,16,20H,5-7H2,1-4H3,(H,21,22)/t12-,14+,16-/m1/s1. The Kier molecular flexibility index (Phi) is 3.98. The van der Waals surface area contributed by atoms with Gasteiger partial charge in [-0.2, -0.15) is 0 Å². The highest BCUT2D eigenvalue weighted by atomic mass is 16.1. The van der Waals surface area contributed by atoms with Crippen LogP contribution in [0.4, 0.5) is 0 Å². The molecule has 0 saturated heterocycles. The van der Waals surface area contributed by atoms with E-state index in [9.17, 15) is 4.79 Å². The summed E-state index contributed by atoms with van der Waals surface area (Å²) < 4.78 is 0. The molecule has 1 saturated carbocycles. The molecule has 0 bridgehead atoms. The quantitative estimate of drug-likeness (QED) is 0.851. The number of carbonyl (C=O) groups is 1. The van der Waals surface area contributed by atoms with Gasteiger partial charge in [0.05, 0.1) is 0 Å². The number of benzene rings is 1. The van der Waals surface area contributed by atoms with Gasteiger partial charge < -0.3 is 10.3 Å². The third-order valence-electron chi connectivity index (χ3n) is 5.36. The van der Waals surface area contributed by atoms with Gasteiger partial charge in [0, 0.05) is 16.9 Å². The minimum Gasteiger partial charge on any atom is -0.351 e. The number of aromatic nitrogens is 1. The number of aryl methyl sites for hydroxylation is 2. The molecule has 1 amide bonds. The largest absolute Gasteiger partial charge is 0.351 e. The van der Waals surface area contributed by atoms with E-state index in [4.69, 9.17) is 0 Å². The van der Waals surface area contributed by atoms with E-state index < -0.39 is 0 Å². The average molecular weight is 298 g/mol. The summed E-state index contributed by atoms with van der Waals surface area (Å²) >= 11 is 0. The molecule has 1 aromatic heterocycles. The lowest BCUT2D eigenvalue weighted by molar-refractivity contribution is 0.0887. The fourth-order valence-electron chi connectivity index (χ4n) is 3.75. The third-order valence-corrected chi connectivity index (χ3v) is 5.36. The van der Waals surface area contributed by atoms with E-state index >= 15 is 0 Å². The first-order valence-electron chi connectivity index (χ1n) is 8.36. The van der Waals surface area contributed by atoms with Crippen molar-refractivity contribution in [3.8, 4) is 0 Å². The maximum absolute atomic E-state index is 12.6. The Labute approximate surface area is 132 Å². The van der Waals surface area contributed by atoms with Crippen molar-refractivity contribution in [1.29, 1.82) is 0 Å². The summed E-state index contributed by atoms with van der Waals surface area (Å²) in [5.74, 6) is 1.26. The van der Waals surface area contributed by atoms with Crippen molar-refractivity contribution < 1.29 is 4.79 Å². The van der Waals surface area contributed by atoms with Crippen LogP contribution in [0.5, 0.6) is 0 Å². The third kappa shape index (κ3) is 2.77. The van der Waals surface area contributed by atoms with Gasteiger partial charge in [-0.15, -0.1) is 0 Å². The normalized spacial score (nSPS) is 25.4. The lowest BCUT2D eigenvalue weighted by Gasteiger charge is -2.34. The second-order valence-corrected chi connectivity index (χ2v) is 7.07. The molecule has 0 unspecified atom stereocenters. The molecule has 3 heteroatoms. The SMILES string of the molecule is Cc1cc(C)c2cc(C(=O)N[C@@H]3CCC[C@@H](C)[C@@H]3C)[nH]c2c1. The Balaban J connectivity index is 1.82. The van der Waals surface area contributed by atoms with Crippen LogP contribution < -0.4 is 5.32 Å². The van der Waals surface area contributed by atoms with Crippen LogP contribution in [0.3, 0.4) is 0 Å². The molecule has 1 aliphatic rings. The summed E-state index contributed by atoms with van der Waals surface area (Å²) in [4.78, 5) is 15.9. The number of rotatable bonds is 2. The van der Waals surface area contributed by atoms with Crippen LogP contribution in [0.2, 0.25) is 0 Å². The van der Waals surface area contributed by atoms with Gasteiger partial charge in [0.25, 0.3) is 5.91 Å². The Morgan fingerprint density at radius 1 is 1.18 bits per heavy atom. The Morgan fingerprint density at radius 2 is 1.95 bits per heavy atom. The van der Waals surface area contributed by atoms with E-state index in [-0.39, 0.29) is 5.91 Å². The summed E-state index contributed by atoms with van der Waals surface area (Å²) in [6.07, 6.45) is 3.58. The van der Waals surface area contributed by atoms with Gasteiger partial charge >= 0.3 is 0 Å². The Bertz CT molecular complexity index is 701. The molecule has 1 aromatic carbocycles. The summed E-state index contributed by atoms with van der Waals surface area (Å²) in [6, 6.07) is 6.54. The zero-order chi connectivity index (χ0) is 15.9. The number of H-pyrrole nitrogens is 1. The van der Waals surface area contributed by atoms with Crippen molar-refractivity contribution >= 4 is 16.8 Å². The maximum atomic E-state index is 12.6. The summed E-state index contributed by atoms with van der Waals surface area (Å²) in [5.41, 5.74) is 4.15. The zero-order valence-electron chi connectivity index (χ0n) is 14.0. The predicted molar refractivity (Wildman–Crippen MR) is 91.2 cm³/mol. The second kappa shape index (κ2) is 5.79. The molecule has 22 heavy (non-hydrogen) atoms. The highest BCUT2D eigenvalue weighted by molar-refractivity contribution is 5.99. The van der Waals surface area contributed by atoms with Gasteiger partial charge in [-0.3, -0.25) is 4.79 Å². The van der Waals surface area contributed by atoms with Crippen LogP contribution in [0.25, 0.3) is 10.9 Å². The minimum atomic E-state index is 0.0270. The predicted octanol–water partition coefficient (Wildman–Crippen LogP) is 4.34. The smallest absolute Gasteiger partial charge is 0.267 e. The van der Waals surface area contributed by atoms with Crippen molar-refractivity contribution in [3.05, 3.63) is 35.0 Å². The van der Waals surface area contributed by atoms with Gasteiger partial charge in [0.2, 0.25) is 0 Å². The second-order valence-electron chi connectivity index (χ2n) is 7.07. The summed E-state index contributed by atoms with van der Waals surface area (Å²) in [5, 5.41) is 4.38. The Hall–Kier alpha value is -1.77. The molecule has 118 valence electrons. The first kappa shape index (κ1) is 15.1. The number of hydrogen-bond acceptors (Lipinski definition) is 1. The monoisotopic (exact) mass is 298 g/mol. The molecule has 2 N–H and O–H groups in total. The lowest BCUT2D eigenvalue weighted by Crippen LogP contribution is -2.43. The van der Waals surface area contributed by atoms with Crippen molar-refractivity contribution in [1.82, 2.24) is 10.3 Å². The highest BCUT2D eigenvalue weighted by Gasteiger charge is 2.28. The molecule has 3 nitrogen and oxygen atoms in total. The molecule has 0 aliphatic heterocycles. The van der Waals surface area contributed by atoms with Gasteiger partial charge in [0.15, 0.2) is 0 Å². The zero-order valence-corrected chi connectivity index (χ0v) is 14.0. The van der Waals surface area contributed by atoms with Crippen LogP contribution in [0.1, 0.15) is 54.7 Å². The molecule has 0 radical (unpaired) electrons. The minimum absolute atomic E-state index is 0.0270. The number of amides is 1. The fraction of sp³-hybridized carbons (Fsp3) is 0.526. The summed E-state index contributed by atoms with van der Waals surface area (Å²) in [6.45, 7) is 8.72. The van der Waals surface area contributed by atoms with E-state index in [1.54, 1.807) is 0 Å². The number of hydrogen-bond donors (Lipinski definition) is 2. The van der Waals surface area contributed by atoms with E-state index in [1.807, 2.05) is 6.07 Å². The van der Waals surface area contributed by atoms with Crippen LogP contribution >= 0.6 is 0 Å². The molecule has 1 fully saturated rings. The van der Waals surface area contributed by atoms with Crippen LogP contribution in [0, 0.1) is 25.7 Å². The molecule has 1 heterocycles. The number of nitrogens with one attached hydrogen (secondary N) is 2. The van der Waals surface area contributed by atoms with E-state index in [0.717, 1.165) is 17.3 Å². The number of carbonyl (C=O) groups excluding carboxylic acids is 1. The van der Waals surface area contributed by atoms with Gasteiger partial charge in [-0.05, 0) is 55.4 Å². The molecule has 2 aromatic rings. The fourth-order valence-corrected chi connectivity index (χ4v) is 3.75. The molecular weight excluding hydrogens is 272 g/mol. The molecule has 3 atom stereocenters. The lowest BCUT2D eigenvalue weighted by atomic mass is 9.78. The van der Waals surface area contributed by atoms with Gasteiger partial charge in [0.1, 0.15) is 5.69 Å². The van der Waals surface area contributed by atoms with E-state index in [1.165, 1.54) is 24.0 Å². The first-order valence-corrected chi connectivity index (χ1v) is 8.36. The molecule has 1 aliphatic carbocycles. The molecule has 3 rings (SSSR count). The highest BCUT2D eigenvalue weighted by Crippen LogP contribution is 2.30. The molecule has 0 spiro atoms. The Morgan fingerprint density at radius 3 is 2.73 bits per heavy atom. The van der Waals surface area contributed by atoms with E-state index in [2.05, 4.69) is 50.1 Å². The van der Waals surface area contributed by atoms with Crippen LogP contribution in [0.15, 0.2) is 18.2 Å². The molecular formula is C19H26N2O. The average Bonchev–Trinajstić information content (AvgIpc) is 2.88. The van der Waals surface area contributed by atoms with Gasteiger partial charge in [-0.25, -0.2) is 0 Å². The van der Waals surface area contributed by atoms with Crippen molar-refractivity contribution in [2.45, 2.75) is 53.0 Å². The number of fused-ring (bicyclic) bond motifs is 1.